The molecule has 0 unspecified atom stereocenters. The van der Waals surface area contributed by atoms with Crippen molar-refractivity contribution in [1.29, 1.82) is 0 Å². The lowest BCUT2D eigenvalue weighted by atomic mass is 10.1. The molecule has 0 saturated heterocycles. The van der Waals surface area contributed by atoms with Crippen molar-refractivity contribution < 1.29 is 9.15 Å². The third-order valence-electron chi connectivity index (χ3n) is 2.43. The number of halogens is 1. The van der Waals surface area contributed by atoms with Crippen LogP contribution in [0, 0.1) is 6.92 Å². The van der Waals surface area contributed by atoms with Gasteiger partial charge in [-0.2, -0.15) is 0 Å². The monoisotopic (exact) mass is 296 g/mol. The number of aromatic nitrogens is 1. The minimum Gasteiger partial charge on any atom is -0.496 e. The Kier molecular flexibility index (Phi) is 3.49. The fourth-order valence-corrected chi connectivity index (χ4v) is 2.16. The van der Waals surface area contributed by atoms with Crippen molar-refractivity contribution >= 4 is 15.9 Å². The summed E-state index contributed by atoms with van der Waals surface area (Å²) < 4.78 is 11.6. The van der Waals surface area contributed by atoms with Gasteiger partial charge in [0.15, 0.2) is 5.76 Å². The van der Waals surface area contributed by atoms with Gasteiger partial charge in [-0.25, -0.2) is 4.98 Å². The molecule has 0 aliphatic rings. The zero-order chi connectivity index (χ0) is 12.4. The number of benzene rings is 1. The summed E-state index contributed by atoms with van der Waals surface area (Å²) in [6.07, 6.45) is 0. The lowest BCUT2D eigenvalue weighted by Crippen LogP contribution is -1.95. The summed E-state index contributed by atoms with van der Waals surface area (Å²) in [5.41, 5.74) is 7.28. The molecule has 2 aromatic rings. The number of aryl methyl sites for hydroxylation is 1. The van der Waals surface area contributed by atoms with Gasteiger partial charge in [0.05, 0.1) is 23.8 Å². The molecule has 5 heteroatoms. The quantitative estimate of drug-likeness (QED) is 0.946. The molecule has 0 radical (unpaired) electrons. The Balaban J connectivity index is 2.45. The molecule has 0 atom stereocenters. The number of hydrogen-bond acceptors (Lipinski definition) is 4. The van der Waals surface area contributed by atoms with Crippen LogP contribution < -0.4 is 10.5 Å². The first-order valence-electron chi connectivity index (χ1n) is 5.16. The highest BCUT2D eigenvalue weighted by Gasteiger charge is 2.12. The van der Waals surface area contributed by atoms with E-state index >= 15 is 0 Å². The summed E-state index contributed by atoms with van der Waals surface area (Å²) in [5, 5.41) is 0. The molecule has 4 nitrogen and oxygen atoms in total. The Morgan fingerprint density at radius 3 is 2.76 bits per heavy atom. The second-order valence-electron chi connectivity index (χ2n) is 3.58. The number of hydrogen-bond donors (Lipinski definition) is 1. The average molecular weight is 297 g/mol. The molecule has 0 amide bonds. The van der Waals surface area contributed by atoms with E-state index in [2.05, 4.69) is 20.9 Å². The molecule has 1 heterocycles. The standard InChI is InChI=1S/C12H13BrN2O2/c1-7-12(17-11(6-14)15-7)8-3-4-10(16-2)9(13)5-8/h3-5H,6,14H2,1-2H3. The summed E-state index contributed by atoms with van der Waals surface area (Å²) in [7, 11) is 1.63. The van der Waals surface area contributed by atoms with Crippen LogP contribution in [0.25, 0.3) is 11.3 Å². The summed E-state index contributed by atoms with van der Waals surface area (Å²) >= 11 is 3.44. The molecule has 90 valence electrons. The van der Waals surface area contributed by atoms with E-state index in [1.165, 1.54) is 0 Å². The highest BCUT2D eigenvalue weighted by Crippen LogP contribution is 2.32. The molecule has 1 aromatic heterocycles. The van der Waals surface area contributed by atoms with Gasteiger partial charge in [0, 0.05) is 5.56 Å². The van der Waals surface area contributed by atoms with E-state index in [1.807, 2.05) is 25.1 Å². The molecular weight excluding hydrogens is 284 g/mol. The number of oxazole rings is 1. The fourth-order valence-electron chi connectivity index (χ4n) is 1.62. The first kappa shape index (κ1) is 12.1. The maximum absolute atomic E-state index is 5.58. The molecule has 2 rings (SSSR count). The number of ether oxygens (including phenoxy) is 1. The third-order valence-corrected chi connectivity index (χ3v) is 3.05. The van der Waals surface area contributed by atoms with E-state index in [9.17, 15) is 0 Å². The van der Waals surface area contributed by atoms with Gasteiger partial charge in [0.25, 0.3) is 0 Å². The van der Waals surface area contributed by atoms with E-state index < -0.39 is 0 Å². The van der Waals surface area contributed by atoms with Crippen molar-refractivity contribution in [3.05, 3.63) is 34.3 Å². The minimum atomic E-state index is 0.304. The smallest absolute Gasteiger partial charge is 0.208 e. The molecule has 0 fully saturated rings. The van der Waals surface area contributed by atoms with Gasteiger partial charge in [-0.05, 0) is 41.1 Å². The zero-order valence-corrected chi connectivity index (χ0v) is 11.2. The van der Waals surface area contributed by atoms with Crippen molar-refractivity contribution in [2.24, 2.45) is 5.73 Å². The number of methoxy groups -OCH3 is 1. The Labute approximate surface area is 108 Å². The van der Waals surface area contributed by atoms with E-state index in [0.717, 1.165) is 27.2 Å². The SMILES string of the molecule is COc1ccc(-c2oc(CN)nc2C)cc1Br. The van der Waals surface area contributed by atoms with Crippen molar-refractivity contribution in [3.8, 4) is 17.1 Å². The molecule has 0 spiro atoms. The fraction of sp³-hybridized carbons (Fsp3) is 0.250. The third kappa shape index (κ3) is 2.35. The first-order chi connectivity index (χ1) is 8.15. The van der Waals surface area contributed by atoms with E-state index in [-0.39, 0.29) is 0 Å². The van der Waals surface area contributed by atoms with Crippen LogP contribution in [0.1, 0.15) is 11.6 Å². The first-order valence-corrected chi connectivity index (χ1v) is 5.95. The van der Waals surface area contributed by atoms with Gasteiger partial charge in [0.1, 0.15) is 5.75 Å². The molecule has 0 saturated carbocycles. The van der Waals surface area contributed by atoms with Gasteiger partial charge >= 0.3 is 0 Å². The van der Waals surface area contributed by atoms with Gasteiger partial charge in [0.2, 0.25) is 5.89 Å². The maximum atomic E-state index is 5.58. The summed E-state index contributed by atoms with van der Waals surface area (Å²) in [5.74, 6) is 2.07. The average Bonchev–Trinajstić information content (AvgIpc) is 2.70. The molecule has 17 heavy (non-hydrogen) atoms. The summed E-state index contributed by atoms with van der Waals surface area (Å²) in [4.78, 5) is 4.24. The van der Waals surface area contributed by atoms with Crippen LogP contribution in [0.5, 0.6) is 5.75 Å². The molecule has 2 N–H and O–H groups in total. The maximum Gasteiger partial charge on any atom is 0.208 e. The van der Waals surface area contributed by atoms with Crippen LogP contribution in [0.15, 0.2) is 27.1 Å². The van der Waals surface area contributed by atoms with Crippen LogP contribution in [0.2, 0.25) is 0 Å². The predicted octanol–water partition coefficient (Wildman–Crippen LogP) is 2.88. The van der Waals surface area contributed by atoms with Crippen molar-refractivity contribution in [2.45, 2.75) is 13.5 Å². The minimum absolute atomic E-state index is 0.304. The number of nitrogens with two attached hydrogens (primary N) is 1. The van der Waals surface area contributed by atoms with Crippen LogP contribution >= 0.6 is 15.9 Å². The van der Waals surface area contributed by atoms with Crippen LogP contribution in [-0.2, 0) is 6.54 Å². The number of nitrogens with zero attached hydrogens (tertiary/aromatic N) is 1. The highest BCUT2D eigenvalue weighted by atomic mass is 79.9. The van der Waals surface area contributed by atoms with Crippen molar-refractivity contribution in [1.82, 2.24) is 4.98 Å². The highest BCUT2D eigenvalue weighted by molar-refractivity contribution is 9.10. The Morgan fingerprint density at radius 1 is 1.47 bits per heavy atom. The lowest BCUT2D eigenvalue weighted by molar-refractivity contribution is 0.412. The van der Waals surface area contributed by atoms with E-state index in [1.54, 1.807) is 7.11 Å². The van der Waals surface area contributed by atoms with Gasteiger partial charge < -0.3 is 14.9 Å². The molecule has 1 aromatic carbocycles. The summed E-state index contributed by atoms with van der Waals surface area (Å²) in [6, 6.07) is 5.74. The van der Waals surface area contributed by atoms with Crippen molar-refractivity contribution in [2.75, 3.05) is 7.11 Å². The Morgan fingerprint density at radius 2 is 2.24 bits per heavy atom. The molecule has 0 bridgehead atoms. The van der Waals surface area contributed by atoms with Gasteiger partial charge in [-0.1, -0.05) is 0 Å². The second kappa shape index (κ2) is 4.89. The Hall–Kier alpha value is -1.33. The summed E-state index contributed by atoms with van der Waals surface area (Å²) in [6.45, 7) is 2.20. The lowest BCUT2D eigenvalue weighted by Gasteiger charge is -2.04. The largest absolute Gasteiger partial charge is 0.496 e. The zero-order valence-electron chi connectivity index (χ0n) is 9.66. The number of rotatable bonds is 3. The predicted molar refractivity (Wildman–Crippen MR) is 68.8 cm³/mol. The van der Waals surface area contributed by atoms with Gasteiger partial charge in [-0.15, -0.1) is 0 Å². The topological polar surface area (TPSA) is 61.3 Å². The van der Waals surface area contributed by atoms with Crippen molar-refractivity contribution in [3.63, 3.8) is 0 Å². The van der Waals surface area contributed by atoms with E-state index in [4.69, 9.17) is 14.9 Å². The molecule has 0 aliphatic carbocycles. The van der Waals surface area contributed by atoms with E-state index in [0.29, 0.717) is 12.4 Å². The van der Waals surface area contributed by atoms with Crippen LogP contribution in [0.4, 0.5) is 0 Å². The molecule has 0 aliphatic heterocycles. The van der Waals surface area contributed by atoms with Crippen LogP contribution in [-0.4, -0.2) is 12.1 Å². The second-order valence-corrected chi connectivity index (χ2v) is 4.43. The normalized spacial score (nSPS) is 10.6. The Bertz CT molecular complexity index is 537. The van der Waals surface area contributed by atoms with Gasteiger partial charge in [-0.3, -0.25) is 0 Å². The van der Waals surface area contributed by atoms with Crippen LogP contribution in [0.3, 0.4) is 0 Å². The molecular formula is C12H13BrN2O2.